The topological polar surface area (TPSA) is 94.2 Å². The summed E-state index contributed by atoms with van der Waals surface area (Å²) in [6.07, 6.45) is 0. The molecular weight excluding hydrogens is 444 g/mol. The molecule has 0 atom stereocenters. The van der Waals surface area contributed by atoms with Crippen LogP contribution in [-0.2, 0) is 14.8 Å². The normalized spacial score (nSPS) is 10.9. The molecule has 0 aromatic heterocycles. The Balaban J connectivity index is 1.94. The SMILES string of the molecule is CCOc1ccc(N(CC(=O)Nc2cc(OC)ccc2OC)S(=O)(=O)c2ccccc2)cc1. The average molecular weight is 471 g/mol. The van der Waals surface area contributed by atoms with E-state index in [1.165, 1.54) is 26.4 Å². The van der Waals surface area contributed by atoms with Crippen LogP contribution in [0.1, 0.15) is 6.92 Å². The predicted octanol–water partition coefficient (Wildman–Crippen LogP) is 3.94. The Morgan fingerprint density at radius 2 is 1.58 bits per heavy atom. The minimum absolute atomic E-state index is 0.0747. The lowest BCUT2D eigenvalue weighted by molar-refractivity contribution is -0.114. The first kappa shape index (κ1) is 23.9. The third-order valence-electron chi connectivity index (χ3n) is 4.73. The van der Waals surface area contributed by atoms with Crippen molar-refractivity contribution < 1.29 is 27.4 Å². The van der Waals surface area contributed by atoms with Gasteiger partial charge in [-0.25, -0.2) is 8.42 Å². The maximum Gasteiger partial charge on any atom is 0.264 e. The zero-order chi connectivity index (χ0) is 23.8. The molecule has 0 saturated carbocycles. The largest absolute Gasteiger partial charge is 0.497 e. The number of benzene rings is 3. The Hall–Kier alpha value is -3.72. The maximum absolute atomic E-state index is 13.4. The summed E-state index contributed by atoms with van der Waals surface area (Å²) in [4.78, 5) is 13.0. The lowest BCUT2D eigenvalue weighted by Gasteiger charge is -2.24. The first-order valence-corrected chi connectivity index (χ1v) is 11.7. The zero-order valence-corrected chi connectivity index (χ0v) is 19.5. The molecule has 9 heteroatoms. The number of nitrogens with zero attached hydrogens (tertiary/aromatic N) is 1. The van der Waals surface area contributed by atoms with E-state index in [1.54, 1.807) is 60.7 Å². The third-order valence-corrected chi connectivity index (χ3v) is 6.52. The molecule has 3 aromatic carbocycles. The minimum Gasteiger partial charge on any atom is -0.497 e. The van der Waals surface area contributed by atoms with Crippen molar-refractivity contribution in [3.63, 3.8) is 0 Å². The van der Waals surface area contributed by atoms with Crippen LogP contribution in [0.25, 0.3) is 0 Å². The molecule has 0 bridgehead atoms. The predicted molar refractivity (Wildman–Crippen MR) is 127 cm³/mol. The fourth-order valence-electron chi connectivity index (χ4n) is 3.14. The standard InChI is InChI=1S/C24H26N2O6S/c1-4-32-19-12-10-18(11-13-19)26(33(28,29)21-8-6-5-7-9-21)17-24(27)25-22-16-20(30-2)14-15-23(22)31-3/h5-16H,4,17H2,1-3H3,(H,25,27). The van der Waals surface area contributed by atoms with E-state index in [0.29, 0.717) is 35.2 Å². The molecule has 0 aliphatic heterocycles. The van der Waals surface area contributed by atoms with Crippen molar-refractivity contribution in [3.8, 4) is 17.2 Å². The van der Waals surface area contributed by atoms with Crippen molar-refractivity contribution in [2.75, 3.05) is 37.0 Å². The molecule has 0 saturated heterocycles. The van der Waals surface area contributed by atoms with Crippen molar-refractivity contribution in [1.29, 1.82) is 0 Å². The first-order chi connectivity index (χ1) is 15.9. The highest BCUT2D eigenvalue weighted by atomic mass is 32.2. The van der Waals surface area contributed by atoms with Crippen LogP contribution in [0.5, 0.6) is 17.2 Å². The number of carbonyl (C=O) groups is 1. The second-order valence-electron chi connectivity index (χ2n) is 6.87. The molecule has 0 radical (unpaired) electrons. The van der Waals surface area contributed by atoms with Crippen molar-refractivity contribution in [2.24, 2.45) is 0 Å². The van der Waals surface area contributed by atoms with E-state index >= 15 is 0 Å². The summed E-state index contributed by atoms with van der Waals surface area (Å²) in [6, 6.07) is 19.4. The van der Waals surface area contributed by atoms with Gasteiger partial charge in [-0.15, -0.1) is 0 Å². The van der Waals surface area contributed by atoms with Crippen LogP contribution in [-0.4, -0.2) is 41.7 Å². The number of amides is 1. The Morgan fingerprint density at radius 1 is 0.909 bits per heavy atom. The Bertz CT molecular complexity index is 1180. The van der Waals surface area contributed by atoms with E-state index in [1.807, 2.05) is 6.92 Å². The smallest absolute Gasteiger partial charge is 0.264 e. The summed E-state index contributed by atoms with van der Waals surface area (Å²) in [5.74, 6) is 0.993. The van der Waals surface area contributed by atoms with Crippen molar-refractivity contribution in [2.45, 2.75) is 11.8 Å². The van der Waals surface area contributed by atoms with Gasteiger partial charge in [-0.3, -0.25) is 9.10 Å². The highest BCUT2D eigenvalue weighted by molar-refractivity contribution is 7.92. The van der Waals surface area contributed by atoms with Gasteiger partial charge in [0.15, 0.2) is 0 Å². The highest BCUT2D eigenvalue weighted by Crippen LogP contribution is 2.30. The number of carbonyl (C=O) groups excluding carboxylic acids is 1. The Labute approximate surface area is 193 Å². The number of sulfonamides is 1. The molecule has 1 N–H and O–H groups in total. The molecule has 3 rings (SSSR count). The number of nitrogens with one attached hydrogen (secondary N) is 1. The molecule has 0 aliphatic rings. The molecule has 1 amide bonds. The number of anilines is 2. The van der Waals surface area contributed by atoms with Crippen LogP contribution in [0.15, 0.2) is 77.7 Å². The summed E-state index contributed by atoms with van der Waals surface area (Å²) in [5.41, 5.74) is 0.695. The number of ether oxygens (including phenoxy) is 3. The Morgan fingerprint density at radius 3 is 2.18 bits per heavy atom. The van der Waals surface area contributed by atoms with Crippen molar-refractivity contribution >= 4 is 27.3 Å². The summed E-state index contributed by atoms with van der Waals surface area (Å²) in [6.45, 7) is 1.89. The van der Waals surface area contributed by atoms with E-state index in [-0.39, 0.29) is 4.90 Å². The highest BCUT2D eigenvalue weighted by Gasteiger charge is 2.27. The van der Waals surface area contributed by atoms with Gasteiger partial charge >= 0.3 is 0 Å². The number of hydrogen-bond acceptors (Lipinski definition) is 6. The number of hydrogen-bond donors (Lipinski definition) is 1. The van der Waals surface area contributed by atoms with E-state index in [4.69, 9.17) is 14.2 Å². The van der Waals surface area contributed by atoms with Gasteiger partial charge in [0, 0.05) is 6.07 Å². The third kappa shape index (κ3) is 5.75. The van der Waals surface area contributed by atoms with Crippen molar-refractivity contribution in [3.05, 3.63) is 72.8 Å². The summed E-state index contributed by atoms with van der Waals surface area (Å²) in [5, 5.41) is 2.72. The zero-order valence-electron chi connectivity index (χ0n) is 18.6. The van der Waals surface area contributed by atoms with Gasteiger partial charge < -0.3 is 19.5 Å². The van der Waals surface area contributed by atoms with E-state index in [0.717, 1.165) is 4.31 Å². The van der Waals surface area contributed by atoms with Crippen LogP contribution in [0.4, 0.5) is 11.4 Å². The number of rotatable bonds is 10. The van der Waals surface area contributed by atoms with Gasteiger partial charge in [0.1, 0.15) is 23.8 Å². The molecule has 174 valence electrons. The molecule has 0 unspecified atom stereocenters. The second kappa shape index (κ2) is 10.7. The lowest BCUT2D eigenvalue weighted by Crippen LogP contribution is -2.38. The van der Waals surface area contributed by atoms with Gasteiger partial charge in [0.25, 0.3) is 10.0 Å². The van der Waals surface area contributed by atoms with Crippen LogP contribution < -0.4 is 23.8 Å². The molecule has 0 heterocycles. The fourth-order valence-corrected chi connectivity index (χ4v) is 4.58. The minimum atomic E-state index is -4.02. The second-order valence-corrected chi connectivity index (χ2v) is 8.73. The Kier molecular flexibility index (Phi) is 7.78. The van der Waals surface area contributed by atoms with Crippen molar-refractivity contribution in [1.82, 2.24) is 0 Å². The summed E-state index contributed by atoms with van der Waals surface area (Å²) >= 11 is 0. The molecule has 0 aliphatic carbocycles. The molecule has 33 heavy (non-hydrogen) atoms. The maximum atomic E-state index is 13.4. The van der Waals surface area contributed by atoms with Gasteiger partial charge in [-0.05, 0) is 55.5 Å². The van der Waals surface area contributed by atoms with Gasteiger partial charge in [-0.1, -0.05) is 18.2 Å². The lowest BCUT2D eigenvalue weighted by atomic mass is 10.2. The van der Waals surface area contributed by atoms with Gasteiger partial charge in [0.05, 0.1) is 37.1 Å². The van der Waals surface area contributed by atoms with Gasteiger partial charge in [-0.2, -0.15) is 0 Å². The summed E-state index contributed by atoms with van der Waals surface area (Å²) < 4.78 is 43.8. The quantitative estimate of drug-likeness (QED) is 0.482. The molecule has 0 spiro atoms. The number of methoxy groups -OCH3 is 2. The van der Waals surface area contributed by atoms with Crippen LogP contribution in [0, 0.1) is 0 Å². The van der Waals surface area contributed by atoms with Crippen LogP contribution in [0.3, 0.4) is 0 Å². The average Bonchev–Trinajstić information content (AvgIpc) is 2.83. The van der Waals surface area contributed by atoms with Crippen LogP contribution in [0.2, 0.25) is 0 Å². The summed E-state index contributed by atoms with van der Waals surface area (Å²) in [7, 11) is -1.04. The van der Waals surface area contributed by atoms with Crippen LogP contribution >= 0.6 is 0 Å². The van der Waals surface area contributed by atoms with Gasteiger partial charge in [0.2, 0.25) is 5.91 Å². The molecule has 3 aromatic rings. The molecular formula is C24H26N2O6S. The fraction of sp³-hybridized carbons (Fsp3) is 0.208. The van der Waals surface area contributed by atoms with E-state index in [9.17, 15) is 13.2 Å². The van der Waals surface area contributed by atoms with E-state index in [2.05, 4.69) is 5.32 Å². The first-order valence-electron chi connectivity index (χ1n) is 10.2. The molecule has 8 nitrogen and oxygen atoms in total. The molecule has 0 fully saturated rings. The monoisotopic (exact) mass is 470 g/mol. The van der Waals surface area contributed by atoms with E-state index < -0.39 is 22.5 Å².